The van der Waals surface area contributed by atoms with Gasteiger partial charge in [0.2, 0.25) is 5.91 Å². The Morgan fingerprint density at radius 2 is 1.88 bits per heavy atom. The third-order valence-electron chi connectivity index (χ3n) is 5.10. The van der Waals surface area contributed by atoms with E-state index in [-0.39, 0.29) is 11.9 Å². The van der Waals surface area contributed by atoms with Crippen LogP contribution < -0.4 is 5.32 Å². The molecule has 3 nitrogen and oxygen atoms in total. The van der Waals surface area contributed by atoms with Crippen molar-refractivity contribution in [3.05, 3.63) is 71.4 Å². The summed E-state index contributed by atoms with van der Waals surface area (Å²) in [5.41, 5.74) is 5.18. The molecule has 1 unspecified atom stereocenters. The van der Waals surface area contributed by atoms with Crippen LogP contribution in [-0.2, 0) is 31.1 Å². The van der Waals surface area contributed by atoms with Gasteiger partial charge in [-0.1, -0.05) is 48.5 Å². The van der Waals surface area contributed by atoms with Crippen molar-refractivity contribution < 1.29 is 4.79 Å². The minimum atomic E-state index is 0.120. The highest BCUT2D eigenvalue weighted by Gasteiger charge is 2.25. The van der Waals surface area contributed by atoms with Crippen molar-refractivity contribution in [3.8, 4) is 0 Å². The predicted molar refractivity (Wildman–Crippen MR) is 97.0 cm³/mol. The van der Waals surface area contributed by atoms with Crippen LogP contribution in [0.4, 0.5) is 0 Å². The molecule has 2 aromatic carbocycles. The van der Waals surface area contributed by atoms with Crippen molar-refractivity contribution in [2.45, 2.75) is 31.7 Å². The number of benzene rings is 2. The van der Waals surface area contributed by atoms with E-state index in [4.69, 9.17) is 0 Å². The maximum atomic E-state index is 12.3. The zero-order chi connectivity index (χ0) is 16.5. The van der Waals surface area contributed by atoms with Gasteiger partial charge in [0.25, 0.3) is 0 Å². The molecular formula is C21H22N2O. The molecule has 1 N–H and O–H groups in total. The number of aromatic nitrogens is 1. The smallest absolute Gasteiger partial charge is 0.224 e. The number of aryl methyl sites for hydroxylation is 1. The zero-order valence-corrected chi connectivity index (χ0v) is 14.0. The number of hydrogen-bond acceptors (Lipinski definition) is 1. The van der Waals surface area contributed by atoms with Crippen LogP contribution in [0.3, 0.4) is 0 Å². The zero-order valence-electron chi connectivity index (χ0n) is 14.0. The Bertz CT molecular complexity index is 879. The van der Waals surface area contributed by atoms with E-state index in [1.807, 2.05) is 30.3 Å². The first-order chi connectivity index (χ1) is 11.7. The van der Waals surface area contributed by atoms with Crippen molar-refractivity contribution in [1.82, 2.24) is 9.88 Å². The van der Waals surface area contributed by atoms with E-state index in [1.165, 1.54) is 22.2 Å². The molecule has 4 rings (SSSR count). The summed E-state index contributed by atoms with van der Waals surface area (Å²) in [7, 11) is 2.15. The average molecular weight is 318 g/mol. The van der Waals surface area contributed by atoms with Gasteiger partial charge < -0.3 is 9.88 Å². The standard InChI is InChI=1S/C21H22N2O/c1-23-19-10-6-5-9-17(19)18-14-16(11-12-20(18)23)22-21(24)13-15-7-3-2-4-8-15/h2-10,16H,11-14H2,1H3,(H,22,24). The van der Waals surface area contributed by atoms with Gasteiger partial charge in [-0.15, -0.1) is 0 Å². The largest absolute Gasteiger partial charge is 0.353 e. The second-order valence-corrected chi connectivity index (χ2v) is 6.67. The second-order valence-electron chi connectivity index (χ2n) is 6.67. The van der Waals surface area contributed by atoms with E-state index in [1.54, 1.807) is 0 Å². The quantitative estimate of drug-likeness (QED) is 0.789. The fourth-order valence-electron chi connectivity index (χ4n) is 3.91. The third-order valence-corrected chi connectivity index (χ3v) is 5.10. The summed E-state index contributed by atoms with van der Waals surface area (Å²) in [4.78, 5) is 12.3. The highest BCUT2D eigenvalue weighted by molar-refractivity contribution is 5.86. The first-order valence-electron chi connectivity index (χ1n) is 8.61. The van der Waals surface area contributed by atoms with E-state index in [2.05, 4.69) is 41.2 Å². The van der Waals surface area contributed by atoms with E-state index < -0.39 is 0 Å². The highest BCUT2D eigenvalue weighted by Crippen LogP contribution is 2.31. The number of hydrogen-bond donors (Lipinski definition) is 1. The number of carbonyl (C=O) groups excluding carboxylic acids is 1. The number of fused-ring (bicyclic) bond motifs is 3. The summed E-state index contributed by atoms with van der Waals surface area (Å²) < 4.78 is 2.31. The van der Waals surface area contributed by atoms with Crippen LogP contribution in [0.15, 0.2) is 54.6 Å². The molecule has 0 fully saturated rings. The third kappa shape index (κ3) is 2.71. The highest BCUT2D eigenvalue weighted by atomic mass is 16.1. The lowest BCUT2D eigenvalue weighted by Gasteiger charge is -2.24. The molecule has 0 bridgehead atoms. The molecule has 1 aliphatic rings. The van der Waals surface area contributed by atoms with Crippen LogP contribution in [-0.4, -0.2) is 16.5 Å². The molecular weight excluding hydrogens is 296 g/mol. The van der Waals surface area contributed by atoms with Gasteiger partial charge in [-0.05, 0) is 36.5 Å². The Labute approximate surface area is 142 Å². The van der Waals surface area contributed by atoms with Gasteiger partial charge in [0.15, 0.2) is 0 Å². The van der Waals surface area contributed by atoms with Crippen molar-refractivity contribution in [2.75, 3.05) is 0 Å². The number of amides is 1. The van der Waals surface area contributed by atoms with Crippen LogP contribution in [0.25, 0.3) is 10.9 Å². The fourth-order valence-corrected chi connectivity index (χ4v) is 3.91. The summed E-state index contributed by atoms with van der Waals surface area (Å²) in [5, 5.41) is 4.56. The Morgan fingerprint density at radius 3 is 2.71 bits per heavy atom. The van der Waals surface area contributed by atoms with E-state index in [9.17, 15) is 4.79 Å². The normalized spacial score (nSPS) is 16.8. The van der Waals surface area contributed by atoms with Gasteiger partial charge in [0, 0.05) is 29.7 Å². The summed E-state index contributed by atoms with van der Waals surface area (Å²) in [6.45, 7) is 0. The van der Waals surface area contributed by atoms with Crippen LogP contribution in [0.2, 0.25) is 0 Å². The molecule has 1 aromatic heterocycles. The number of nitrogens with one attached hydrogen (secondary N) is 1. The number of para-hydroxylation sites is 1. The van der Waals surface area contributed by atoms with E-state index in [0.717, 1.165) is 24.8 Å². The SMILES string of the molecule is Cn1c2c(c3ccccc31)CC(NC(=O)Cc1ccccc1)CC2. The number of nitrogens with zero attached hydrogens (tertiary/aromatic N) is 1. The lowest BCUT2D eigenvalue weighted by Crippen LogP contribution is -2.39. The van der Waals surface area contributed by atoms with Crippen molar-refractivity contribution in [2.24, 2.45) is 7.05 Å². The molecule has 0 saturated heterocycles. The molecule has 1 atom stereocenters. The lowest BCUT2D eigenvalue weighted by atomic mass is 9.91. The van der Waals surface area contributed by atoms with Gasteiger partial charge in [0.1, 0.15) is 0 Å². The number of rotatable bonds is 3. The Morgan fingerprint density at radius 1 is 1.12 bits per heavy atom. The molecule has 0 radical (unpaired) electrons. The molecule has 0 saturated carbocycles. The van der Waals surface area contributed by atoms with E-state index in [0.29, 0.717) is 6.42 Å². The van der Waals surface area contributed by atoms with Crippen LogP contribution >= 0.6 is 0 Å². The minimum Gasteiger partial charge on any atom is -0.353 e. The molecule has 3 heteroatoms. The maximum absolute atomic E-state index is 12.3. The first-order valence-corrected chi connectivity index (χ1v) is 8.61. The molecule has 122 valence electrons. The van der Waals surface area contributed by atoms with E-state index >= 15 is 0 Å². The van der Waals surface area contributed by atoms with Crippen molar-refractivity contribution in [1.29, 1.82) is 0 Å². The van der Waals surface area contributed by atoms with Gasteiger partial charge in [-0.2, -0.15) is 0 Å². The fraction of sp³-hybridized carbons (Fsp3) is 0.286. The molecule has 1 aliphatic carbocycles. The Balaban J connectivity index is 1.50. The topological polar surface area (TPSA) is 34.0 Å². The van der Waals surface area contributed by atoms with Gasteiger partial charge in [0.05, 0.1) is 6.42 Å². The van der Waals surface area contributed by atoms with Crippen LogP contribution in [0, 0.1) is 0 Å². The molecule has 0 aliphatic heterocycles. The molecule has 1 amide bonds. The number of carbonyl (C=O) groups is 1. The first kappa shape index (κ1) is 15.0. The average Bonchev–Trinajstić information content (AvgIpc) is 2.89. The summed E-state index contributed by atoms with van der Waals surface area (Å²) in [6.07, 6.45) is 3.42. The summed E-state index contributed by atoms with van der Waals surface area (Å²) in [6, 6.07) is 18.7. The molecule has 3 aromatic rings. The summed E-state index contributed by atoms with van der Waals surface area (Å²) in [5.74, 6) is 0.120. The van der Waals surface area contributed by atoms with Crippen molar-refractivity contribution >= 4 is 16.8 Å². The molecule has 0 spiro atoms. The Kier molecular flexibility index (Phi) is 3.85. The van der Waals surface area contributed by atoms with Crippen LogP contribution in [0.1, 0.15) is 23.2 Å². The lowest BCUT2D eigenvalue weighted by molar-refractivity contribution is -0.121. The second kappa shape index (κ2) is 6.16. The van der Waals surface area contributed by atoms with Gasteiger partial charge in [-0.25, -0.2) is 0 Å². The maximum Gasteiger partial charge on any atom is 0.224 e. The molecule has 1 heterocycles. The summed E-state index contributed by atoms with van der Waals surface area (Å²) >= 11 is 0. The Hall–Kier alpha value is -2.55. The predicted octanol–water partition coefficient (Wildman–Crippen LogP) is 3.39. The van der Waals surface area contributed by atoms with Gasteiger partial charge in [-0.3, -0.25) is 4.79 Å². The van der Waals surface area contributed by atoms with Crippen molar-refractivity contribution in [3.63, 3.8) is 0 Å². The van der Waals surface area contributed by atoms with Gasteiger partial charge >= 0.3 is 0 Å². The van der Waals surface area contributed by atoms with Crippen LogP contribution in [0.5, 0.6) is 0 Å². The molecule has 24 heavy (non-hydrogen) atoms. The minimum absolute atomic E-state index is 0.120. The monoisotopic (exact) mass is 318 g/mol.